The highest BCUT2D eigenvalue weighted by Crippen LogP contribution is 2.36. The predicted octanol–water partition coefficient (Wildman–Crippen LogP) is 14.6. The quantitative estimate of drug-likeness (QED) is 0.0429. The second-order valence-electron chi connectivity index (χ2n) is 25.4. The van der Waals surface area contributed by atoms with Crippen LogP contribution < -0.4 is 27.5 Å². The molecule has 19 nitrogen and oxygen atoms in total. The first-order chi connectivity index (χ1) is 45.9. The Morgan fingerprint density at radius 3 is 1.57 bits per heavy atom. The Morgan fingerprint density at radius 2 is 1.06 bits per heavy atom. The highest BCUT2D eigenvalue weighted by atomic mass is 35.7. The Kier molecular flexibility index (Phi) is 21.2. The lowest BCUT2D eigenvalue weighted by Crippen LogP contribution is -2.18. The number of nitrogens with two attached hydrogens (primary N) is 3. The van der Waals surface area contributed by atoms with Gasteiger partial charge in [0.25, 0.3) is 19.1 Å². The summed E-state index contributed by atoms with van der Waals surface area (Å²) in [5, 5.41) is 24.1. The number of Topliss-reactive ketones (excluding diaryl/α,β-unsaturated/α-hetero) is 1. The van der Waals surface area contributed by atoms with Crippen LogP contribution in [-0.2, 0) is 60.4 Å². The van der Waals surface area contributed by atoms with Crippen LogP contribution in [0, 0.1) is 17.2 Å². The molecule has 0 spiro atoms. The van der Waals surface area contributed by atoms with Crippen LogP contribution in [0.4, 0.5) is 23.0 Å². The molecule has 0 amide bonds. The van der Waals surface area contributed by atoms with Gasteiger partial charge in [0, 0.05) is 103 Å². The molecule has 492 valence electrons. The number of nitriles is 1. The van der Waals surface area contributed by atoms with E-state index < -0.39 is 19.1 Å². The molecule has 1 fully saturated rings. The number of hydrogen-bond donors (Lipinski definition) is 5. The number of halogens is 1. The van der Waals surface area contributed by atoms with Gasteiger partial charge < -0.3 is 16.9 Å². The molecule has 0 bridgehead atoms. The van der Waals surface area contributed by atoms with Gasteiger partial charge in [-0.3, -0.25) is 35.3 Å². The minimum absolute atomic E-state index is 0.0224. The molecule has 96 heavy (non-hydrogen) atoms. The van der Waals surface area contributed by atoms with Crippen molar-refractivity contribution >= 4 is 102 Å². The van der Waals surface area contributed by atoms with Crippen molar-refractivity contribution in [2.45, 2.75) is 120 Å². The number of benzene rings is 6. The first-order valence-corrected chi connectivity index (χ1v) is 35.4. The van der Waals surface area contributed by atoms with Crippen LogP contribution in [0.25, 0.3) is 54.7 Å². The summed E-state index contributed by atoms with van der Waals surface area (Å²) in [6, 6.07) is 51.0. The van der Waals surface area contributed by atoms with Crippen molar-refractivity contribution in [3.63, 3.8) is 0 Å². The molecule has 0 radical (unpaired) electrons. The number of ketones is 1. The van der Waals surface area contributed by atoms with Crippen LogP contribution in [-0.4, -0.2) is 62.1 Å². The van der Waals surface area contributed by atoms with Crippen LogP contribution in [0.2, 0.25) is 0 Å². The van der Waals surface area contributed by atoms with Gasteiger partial charge in [0.05, 0.1) is 55.3 Å². The van der Waals surface area contributed by atoms with Gasteiger partial charge in [0.15, 0.2) is 0 Å². The second kappa shape index (κ2) is 29.7. The number of pyridine rings is 4. The van der Waals surface area contributed by atoms with E-state index in [4.69, 9.17) is 38.4 Å². The summed E-state index contributed by atoms with van der Waals surface area (Å²) >= 11 is 0. The fourth-order valence-corrected chi connectivity index (χ4v) is 13.4. The number of fused-ring (bicyclic) bond motifs is 6. The molecule has 1 saturated carbocycles. The van der Waals surface area contributed by atoms with Gasteiger partial charge in [-0.2, -0.15) is 15.5 Å². The number of rotatable bonds is 7. The first kappa shape index (κ1) is 68.7. The van der Waals surface area contributed by atoms with E-state index in [1.165, 1.54) is 24.1 Å². The molecular formula is C74H77ClN14O5S2. The molecule has 3 aliphatic rings. The van der Waals surface area contributed by atoms with Crippen molar-refractivity contribution in [2.75, 3.05) is 21.6 Å². The van der Waals surface area contributed by atoms with Crippen LogP contribution in [0.1, 0.15) is 107 Å². The summed E-state index contributed by atoms with van der Waals surface area (Å²) in [7, 11) is -2.17. The Bertz CT molecular complexity index is 5020. The normalized spacial score (nSPS) is 14.0. The van der Waals surface area contributed by atoms with Gasteiger partial charge in [-0.15, -0.1) is 0 Å². The van der Waals surface area contributed by atoms with Crippen molar-refractivity contribution < 1.29 is 21.6 Å². The van der Waals surface area contributed by atoms with Crippen molar-refractivity contribution in [3.05, 3.63) is 229 Å². The number of sulfonamides is 1. The van der Waals surface area contributed by atoms with Gasteiger partial charge >= 0.3 is 0 Å². The number of aryl methyl sites for hydroxylation is 2. The van der Waals surface area contributed by atoms with Gasteiger partial charge in [-0.1, -0.05) is 102 Å². The lowest BCUT2D eigenvalue weighted by molar-refractivity contribution is -0.119. The van der Waals surface area contributed by atoms with Crippen LogP contribution in [0.15, 0.2) is 205 Å². The first-order valence-electron chi connectivity index (χ1n) is 31.6. The van der Waals surface area contributed by atoms with Gasteiger partial charge in [-0.05, 0) is 170 Å². The molecule has 22 heteroatoms. The minimum Gasteiger partial charge on any atom is -0.398 e. The van der Waals surface area contributed by atoms with Crippen molar-refractivity contribution in [3.8, 4) is 17.4 Å². The van der Waals surface area contributed by atoms with E-state index in [1.54, 1.807) is 53.7 Å². The number of hydrazine groups is 1. The molecule has 6 heterocycles. The molecular weight excluding hydrogens is 1260 g/mol. The molecule has 15 rings (SSSR count). The number of carbonyl (C=O) groups is 1. The summed E-state index contributed by atoms with van der Waals surface area (Å²) in [6.07, 6.45) is 18.9. The number of nitrogens with zero attached hydrogens (tertiary/aromatic N) is 9. The monoisotopic (exact) mass is 1340 g/mol. The maximum Gasteiger partial charge on any atom is 0.263 e. The zero-order valence-corrected chi connectivity index (χ0v) is 56.8. The van der Waals surface area contributed by atoms with E-state index >= 15 is 0 Å². The third-order valence-corrected chi connectivity index (χ3v) is 19.6. The summed E-state index contributed by atoms with van der Waals surface area (Å²) in [5.74, 6) is 6.51. The van der Waals surface area contributed by atoms with Gasteiger partial charge in [-0.25, -0.2) is 26.2 Å². The smallest absolute Gasteiger partial charge is 0.263 e. The summed E-state index contributed by atoms with van der Waals surface area (Å²) in [6.45, 7) is 12.5. The second-order valence-corrected chi connectivity index (χ2v) is 29.7. The average Bonchev–Trinajstić information content (AvgIpc) is 1.58. The van der Waals surface area contributed by atoms with Crippen LogP contribution in [0.5, 0.6) is 0 Å². The van der Waals surface area contributed by atoms with E-state index in [-0.39, 0.29) is 32.3 Å². The third kappa shape index (κ3) is 16.2. The zero-order valence-electron chi connectivity index (χ0n) is 54.4. The van der Waals surface area contributed by atoms with Crippen molar-refractivity contribution in [1.29, 1.82) is 5.26 Å². The molecule has 6 aromatic carbocycles. The molecule has 0 aliphatic heterocycles. The predicted molar refractivity (Wildman–Crippen MR) is 384 cm³/mol. The molecule has 6 aromatic heterocycles. The Labute approximate surface area is 564 Å². The molecule has 0 saturated heterocycles. The number of nitrogen functional groups attached to an aromatic ring is 3. The number of aromatic nitrogens is 8. The summed E-state index contributed by atoms with van der Waals surface area (Å²) < 4.78 is 55.1. The highest BCUT2D eigenvalue weighted by Gasteiger charge is 2.29. The zero-order chi connectivity index (χ0) is 68.4. The molecule has 1 atom stereocenters. The van der Waals surface area contributed by atoms with E-state index in [1.807, 2.05) is 138 Å². The Balaban J connectivity index is 0.000000134. The highest BCUT2D eigenvalue weighted by molar-refractivity contribution is 8.13. The lowest BCUT2D eigenvalue weighted by atomic mass is 9.87. The average molecular weight is 1340 g/mol. The fourth-order valence-electron chi connectivity index (χ4n) is 11.6. The van der Waals surface area contributed by atoms with E-state index in [0.29, 0.717) is 12.2 Å². The molecule has 1 unspecified atom stereocenters. The maximum atomic E-state index is 13.3. The number of anilines is 4. The summed E-state index contributed by atoms with van der Waals surface area (Å²) in [5.41, 5.74) is 26.4. The largest absolute Gasteiger partial charge is 0.398 e. The lowest BCUT2D eigenvalue weighted by Gasteiger charge is -2.19. The van der Waals surface area contributed by atoms with Crippen LogP contribution in [0.3, 0.4) is 0 Å². The van der Waals surface area contributed by atoms with Crippen molar-refractivity contribution in [2.24, 2.45) is 11.8 Å². The topological polar surface area (TPSA) is 298 Å². The van der Waals surface area contributed by atoms with Gasteiger partial charge in [0.2, 0.25) is 0 Å². The third-order valence-electron chi connectivity index (χ3n) is 16.8. The fraction of sp³-hybridized carbons (Fsp3) is 0.243. The number of carbonyl (C=O) groups excluding carboxylic acids is 1. The molecule has 12 aromatic rings. The summed E-state index contributed by atoms with van der Waals surface area (Å²) in [4.78, 5) is 27.8. The number of nitrogens with one attached hydrogen (secondary N) is 2. The van der Waals surface area contributed by atoms with E-state index in [9.17, 15) is 21.6 Å². The Hall–Kier alpha value is -10.1. The maximum absolute atomic E-state index is 13.3. The Morgan fingerprint density at radius 1 is 0.552 bits per heavy atom. The molecule has 3 aliphatic carbocycles. The SMILES string of the molecule is CC(C)(C)c1ccc(S(=O)(=O)Cl)cc1.CC(C)(C)c1ccc(S(=O)(=O)Nc2c3c(nn2-c2cccc4ncccc24)CCC3)cc1.N#CC1CCCC1=O.NNc1cccc2cnccc12.Nc1c2c(nn1-c1cccc3ncccc13)CCC2.Nc1cccc2cnccc12. The van der Waals surface area contributed by atoms with E-state index in [2.05, 4.69) is 82.8 Å². The standard InChI is InChI=1S/C25H26N4O2S.C15H14N4.C10H13ClO2S.C9H9N3.C9H8N2.C6H7NO/c1-25(2,3)17-12-14-18(15-13-17)32(30,31)28-24-20-7-4-10-22(20)27-29(24)23-11-5-9-21-19(23)8-6-16-26-21;16-15-11-4-1-7-13(11)18-19(15)14-8-2-6-12-10(14)5-3-9-17-12;1-10(2,3)8-4-6-9(7-5-8)14(11,12)13;10-12-9-3-1-2-7-6-11-5-4-8(7)9;10-9-3-1-2-7-6-11-5-4-8(7)9;7-4-5-2-1-3-6(5)8/h5-6,8-9,11-16,28H,4,7,10H2,1-3H3;2-3,5-6,8-9H,1,4,7,16H2;4-7H,1-3H3;1-6,12H,10H2;1-6H,10H2;5H,1-3H2. The van der Waals surface area contributed by atoms with E-state index in [0.717, 1.165) is 145 Å². The van der Waals surface area contributed by atoms with Crippen LogP contribution >= 0.6 is 10.7 Å². The van der Waals surface area contributed by atoms with Crippen molar-refractivity contribution in [1.82, 2.24) is 39.5 Å². The molecule has 8 N–H and O–H groups in total. The van der Waals surface area contributed by atoms with Gasteiger partial charge in [0.1, 0.15) is 23.3 Å². The number of hydrogen-bond acceptors (Lipinski definition) is 16. The minimum atomic E-state index is -3.78.